The summed E-state index contributed by atoms with van der Waals surface area (Å²) in [5.74, 6) is 0.327. The molecule has 0 spiro atoms. The van der Waals surface area contributed by atoms with Gasteiger partial charge in [0.05, 0.1) is 0 Å². The minimum atomic E-state index is -0.519. The number of nitro groups is 1. The van der Waals surface area contributed by atoms with Crippen LogP contribution in [0.2, 0.25) is 0 Å². The monoisotopic (exact) mass is 339 g/mol. The molecule has 0 amide bonds. The van der Waals surface area contributed by atoms with Crippen molar-refractivity contribution in [3.8, 4) is 11.3 Å². The standard InChI is InChI=1S/C17H17N5O3/c23-22(24)17-18-7-10-21(17)12-15-11-16(19-25-15)13-3-5-14(6-4-13)20-8-1-2-9-20/h3-7,10-11H,1-2,8-9,12H2. The molecule has 0 saturated carbocycles. The summed E-state index contributed by atoms with van der Waals surface area (Å²) < 4.78 is 6.74. The van der Waals surface area contributed by atoms with Gasteiger partial charge in [0.25, 0.3) is 0 Å². The van der Waals surface area contributed by atoms with Crippen molar-refractivity contribution in [1.29, 1.82) is 0 Å². The lowest BCUT2D eigenvalue weighted by Gasteiger charge is -2.17. The molecule has 2 aromatic heterocycles. The van der Waals surface area contributed by atoms with E-state index >= 15 is 0 Å². The Morgan fingerprint density at radius 3 is 2.68 bits per heavy atom. The summed E-state index contributed by atoms with van der Waals surface area (Å²) in [6.45, 7) is 2.43. The second kappa shape index (κ2) is 6.39. The Hall–Kier alpha value is -3.16. The Balaban J connectivity index is 1.50. The van der Waals surface area contributed by atoms with E-state index in [1.54, 1.807) is 12.3 Å². The van der Waals surface area contributed by atoms with Crippen molar-refractivity contribution in [3.05, 3.63) is 58.6 Å². The molecule has 4 rings (SSSR count). The van der Waals surface area contributed by atoms with Crippen molar-refractivity contribution in [2.24, 2.45) is 0 Å². The van der Waals surface area contributed by atoms with Crippen LogP contribution < -0.4 is 4.90 Å². The van der Waals surface area contributed by atoms with Crippen LogP contribution in [-0.2, 0) is 6.54 Å². The molecule has 1 saturated heterocycles. The topological polar surface area (TPSA) is 90.2 Å². The van der Waals surface area contributed by atoms with E-state index in [4.69, 9.17) is 4.52 Å². The Morgan fingerprint density at radius 2 is 1.96 bits per heavy atom. The van der Waals surface area contributed by atoms with Gasteiger partial charge in [-0.05, 0) is 29.9 Å². The number of anilines is 1. The first-order valence-corrected chi connectivity index (χ1v) is 8.17. The zero-order valence-corrected chi connectivity index (χ0v) is 13.5. The average Bonchev–Trinajstić information content (AvgIpc) is 3.37. The zero-order valence-electron chi connectivity index (χ0n) is 13.5. The second-order valence-electron chi connectivity index (χ2n) is 6.03. The molecule has 0 aliphatic carbocycles. The maximum atomic E-state index is 10.9. The number of nitrogens with zero attached hydrogens (tertiary/aromatic N) is 5. The van der Waals surface area contributed by atoms with Crippen molar-refractivity contribution in [2.75, 3.05) is 18.0 Å². The molecule has 1 aliphatic heterocycles. The highest BCUT2D eigenvalue weighted by Crippen LogP contribution is 2.25. The van der Waals surface area contributed by atoms with Gasteiger partial charge in [0.1, 0.15) is 24.6 Å². The van der Waals surface area contributed by atoms with Gasteiger partial charge in [-0.15, -0.1) is 0 Å². The van der Waals surface area contributed by atoms with Crippen molar-refractivity contribution in [2.45, 2.75) is 19.4 Å². The third-order valence-corrected chi connectivity index (χ3v) is 4.38. The van der Waals surface area contributed by atoms with Crippen LogP contribution in [0.4, 0.5) is 11.6 Å². The number of hydrogen-bond donors (Lipinski definition) is 0. The van der Waals surface area contributed by atoms with E-state index in [2.05, 4.69) is 27.2 Å². The van der Waals surface area contributed by atoms with Crippen LogP contribution in [0.15, 0.2) is 47.2 Å². The van der Waals surface area contributed by atoms with Crippen LogP contribution >= 0.6 is 0 Å². The Labute approximate surface area is 143 Å². The summed E-state index contributed by atoms with van der Waals surface area (Å²) in [7, 11) is 0. The van der Waals surface area contributed by atoms with Gasteiger partial charge < -0.3 is 19.5 Å². The first kappa shape index (κ1) is 15.4. The Morgan fingerprint density at radius 1 is 1.20 bits per heavy atom. The van der Waals surface area contributed by atoms with Crippen molar-refractivity contribution < 1.29 is 9.45 Å². The molecule has 3 aromatic rings. The molecule has 0 bridgehead atoms. The van der Waals surface area contributed by atoms with Gasteiger partial charge in [-0.2, -0.15) is 0 Å². The molecule has 1 aromatic carbocycles. The zero-order chi connectivity index (χ0) is 17.2. The van der Waals surface area contributed by atoms with E-state index in [1.807, 2.05) is 12.1 Å². The van der Waals surface area contributed by atoms with Gasteiger partial charge in [-0.25, -0.2) is 4.57 Å². The predicted molar refractivity (Wildman–Crippen MR) is 91.4 cm³/mol. The van der Waals surface area contributed by atoms with E-state index in [0.29, 0.717) is 11.5 Å². The highest BCUT2D eigenvalue weighted by Gasteiger charge is 2.17. The molecule has 3 heterocycles. The molecule has 0 radical (unpaired) electrons. The SMILES string of the molecule is O=[N+]([O-])c1nccn1Cc1cc(-c2ccc(N3CCCC3)cc2)no1. The molecule has 8 nitrogen and oxygen atoms in total. The quantitative estimate of drug-likeness (QED) is 0.524. The summed E-state index contributed by atoms with van der Waals surface area (Å²) in [6, 6.07) is 10.0. The average molecular weight is 339 g/mol. The first-order valence-electron chi connectivity index (χ1n) is 8.17. The van der Waals surface area contributed by atoms with E-state index in [-0.39, 0.29) is 12.5 Å². The fraction of sp³-hybridized carbons (Fsp3) is 0.294. The molecule has 25 heavy (non-hydrogen) atoms. The van der Waals surface area contributed by atoms with Crippen LogP contribution in [0, 0.1) is 10.1 Å². The summed E-state index contributed by atoms with van der Waals surface area (Å²) in [5, 5.41) is 15.0. The summed E-state index contributed by atoms with van der Waals surface area (Å²) in [6.07, 6.45) is 5.43. The third kappa shape index (κ3) is 3.10. The van der Waals surface area contributed by atoms with Crippen molar-refractivity contribution in [3.63, 3.8) is 0 Å². The molecule has 1 aliphatic rings. The van der Waals surface area contributed by atoms with Crippen LogP contribution in [0.25, 0.3) is 11.3 Å². The smallest absolute Gasteiger partial charge is 0.390 e. The van der Waals surface area contributed by atoms with Gasteiger partial charge >= 0.3 is 5.95 Å². The molecule has 128 valence electrons. The number of aromatic nitrogens is 3. The fourth-order valence-electron chi connectivity index (χ4n) is 3.11. The number of rotatable bonds is 5. The first-order chi connectivity index (χ1) is 12.2. The van der Waals surface area contributed by atoms with E-state index in [9.17, 15) is 10.1 Å². The Kier molecular flexibility index (Phi) is 3.93. The minimum absolute atomic E-state index is 0.215. The third-order valence-electron chi connectivity index (χ3n) is 4.38. The Bertz CT molecular complexity index is 878. The highest BCUT2D eigenvalue weighted by molar-refractivity contribution is 5.63. The van der Waals surface area contributed by atoms with E-state index in [0.717, 1.165) is 18.7 Å². The number of hydrogen-bond acceptors (Lipinski definition) is 6. The maximum Gasteiger partial charge on any atom is 0.434 e. The maximum absolute atomic E-state index is 10.9. The number of imidazole rings is 1. The highest BCUT2D eigenvalue weighted by atomic mass is 16.6. The lowest BCUT2D eigenvalue weighted by atomic mass is 10.1. The number of benzene rings is 1. The van der Waals surface area contributed by atoms with Gasteiger partial charge in [0.15, 0.2) is 5.76 Å². The van der Waals surface area contributed by atoms with E-state index < -0.39 is 4.92 Å². The van der Waals surface area contributed by atoms with Crippen LogP contribution in [-0.4, -0.2) is 32.7 Å². The molecule has 0 N–H and O–H groups in total. The lowest BCUT2D eigenvalue weighted by molar-refractivity contribution is -0.396. The van der Waals surface area contributed by atoms with Gasteiger partial charge in [0.2, 0.25) is 0 Å². The molecular formula is C17H17N5O3. The second-order valence-corrected chi connectivity index (χ2v) is 6.03. The van der Waals surface area contributed by atoms with Gasteiger partial charge in [0, 0.05) is 30.4 Å². The van der Waals surface area contributed by atoms with Crippen LogP contribution in [0.5, 0.6) is 0 Å². The summed E-state index contributed by atoms with van der Waals surface area (Å²) >= 11 is 0. The summed E-state index contributed by atoms with van der Waals surface area (Å²) in [4.78, 5) is 16.5. The van der Waals surface area contributed by atoms with Crippen molar-refractivity contribution in [1.82, 2.24) is 14.7 Å². The van der Waals surface area contributed by atoms with Gasteiger partial charge in [-0.3, -0.25) is 0 Å². The summed E-state index contributed by atoms with van der Waals surface area (Å²) in [5.41, 5.74) is 2.89. The largest absolute Gasteiger partial charge is 0.434 e. The molecule has 0 unspecified atom stereocenters. The van der Waals surface area contributed by atoms with E-state index in [1.165, 1.54) is 29.3 Å². The van der Waals surface area contributed by atoms with Crippen LogP contribution in [0.3, 0.4) is 0 Å². The minimum Gasteiger partial charge on any atom is -0.390 e. The fourth-order valence-corrected chi connectivity index (χ4v) is 3.11. The van der Waals surface area contributed by atoms with Crippen LogP contribution in [0.1, 0.15) is 18.6 Å². The van der Waals surface area contributed by atoms with Gasteiger partial charge in [-0.1, -0.05) is 22.3 Å². The predicted octanol–water partition coefficient (Wildman–Crippen LogP) is 3.09. The molecule has 1 fully saturated rings. The molecule has 0 atom stereocenters. The molecule has 8 heteroatoms. The van der Waals surface area contributed by atoms with Crippen molar-refractivity contribution >= 4 is 11.6 Å². The normalized spacial score (nSPS) is 14.2. The molecular weight excluding hydrogens is 322 g/mol. The lowest BCUT2D eigenvalue weighted by Crippen LogP contribution is -2.17.